The zero-order valence-corrected chi connectivity index (χ0v) is 12.6. The Balaban J connectivity index is 1.57. The van der Waals surface area contributed by atoms with Crippen LogP contribution in [0.15, 0.2) is 48.2 Å². The number of nitrogens with zero attached hydrogens (tertiary/aromatic N) is 3. The normalized spacial score (nSPS) is 16.6. The molecule has 0 amide bonds. The van der Waals surface area contributed by atoms with Gasteiger partial charge in [0.05, 0.1) is 18.8 Å². The summed E-state index contributed by atoms with van der Waals surface area (Å²) in [5, 5.41) is 6.40. The minimum atomic E-state index is 0.228. The fraction of sp³-hybridized carbons (Fsp3) is 0.188. The van der Waals surface area contributed by atoms with Crippen LogP contribution in [0.4, 0.5) is 5.13 Å². The SMILES string of the molecule is c1ccc2c(c1)OCC[C@H]2Nc1nc(-c2cnccn2)cs1. The van der Waals surface area contributed by atoms with Gasteiger partial charge in [-0.15, -0.1) is 11.3 Å². The largest absolute Gasteiger partial charge is 0.493 e. The lowest BCUT2D eigenvalue weighted by atomic mass is 10.0. The van der Waals surface area contributed by atoms with Gasteiger partial charge in [0.25, 0.3) is 0 Å². The van der Waals surface area contributed by atoms with Gasteiger partial charge in [-0.2, -0.15) is 0 Å². The van der Waals surface area contributed by atoms with E-state index in [1.54, 1.807) is 29.9 Å². The minimum Gasteiger partial charge on any atom is -0.493 e. The monoisotopic (exact) mass is 310 g/mol. The quantitative estimate of drug-likeness (QED) is 0.802. The van der Waals surface area contributed by atoms with Crippen molar-refractivity contribution in [2.75, 3.05) is 11.9 Å². The van der Waals surface area contributed by atoms with Gasteiger partial charge in [-0.1, -0.05) is 18.2 Å². The number of hydrogen-bond acceptors (Lipinski definition) is 6. The molecule has 3 heterocycles. The lowest BCUT2D eigenvalue weighted by Gasteiger charge is -2.26. The topological polar surface area (TPSA) is 59.9 Å². The van der Waals surface area contributed by atoms with E-state index in [-0.39, 0.29) is 6.04 Å². The van der Waals surface area contributed by atoms with Crippen molar-refractivity contribution >= 4 is 16.5 Å². The Hall–Kier alpha value is -2.47. The van der Waals surface area contributed by atoms with E-state index in [9.17, 15) is 0 Å². The van der Waals surface area contributed by atoms with E-state index >= 15 is 0 Å². The second-order valence-electron chi connectivity index (χ2n) is 5.00. The number of aromatic nitrogens is 3. The van der Waals surface area contributed by atoms with Gasteiger partial charge in [-0.25, -0.2) is 4.98 Å². The van der Waals surface area contributed by atoms with Crippen LogP contribution in [0.2, 0.25) is 0 Å². The van der Waals surface area contributed by atoms with Crippen molar-refractivity contribution < 1.29 is 4.74 Å². The van der Waals surface area contributed by atoms with Crippen molar-refractivity contribution in [1.29, 1.82) is 0 Å². The molecular weight excluding hydrogens is 296 g/mol. The summed E-state index contributed by atoms with van der Waals surface area (Å²) >= 11 is 1.58. The number of para-hydroxylation sites is 1. The summed E-state index contributed by atoms with van der Waals surface area (Å²) in [4.78, 5) is 13.0. The first kappa shape index (κ1) is 13.2. The second-order valence-corrected chi connectivity index (χ2v) is 5.86. The minimum absolute atomic E-state index is 0.228. The third kappa shape index (κ3) is 2.53. The van der Waals surface area contributed by atoms with E-state index in [2.05, 4.69) is 26.3 Å². The maximum Gasteiger partial charge on any atom is 0.183 e. The molecule has 0 saturated carbocycles. The maximum absolute atomic E-state index is 5.69. The highest BCUT2D eigenvalue weighted by Gasteiger charge is 2.21. The molecule has 5 nitrogen and oxygen atoms in total. The van der Waals surface area contributed by atoms with Crippen LogP contribution < -0.4 is 10.1 Å². The Labute approximate surface area is 132 Å². The van der Waals surface area contributed by atoms with Gasteiger partial charge in [0.2, 0.25) is 0 Å². The van der Waals surface area contributed by atoms with Crippen molar-refractivity contribution in [2.24, 2.45) is 0 Å². The van der Waals surface area contributed by atoms with Crippen LogP contribution in [0.25, 0.3) is 11.4 Å². The van der Waals surface area contributed by atoms with Crippen LogP contribution in [-0.4, -0.2) is 21.6 Å². The molecule has 1 aliphatic rings. The highest BCUT2D eigenvalue weighted by atomic mass is 32.1. The average Bonchev–Trinajstić information content (AvgIpc) is 3.05. The zero-order valence-electron chi connectivity index (χ0n) is 11.8. The molecule has 1 aliphatic heterocycles. The zero-order chi connectivity index (χ0) is 14.8. The molecule has 0 fully saturated rings. The van der Waals surface area contributed by atoms with Gasteiger partial charge < -0.3 is 10.1 Å². The molecule has 3 aromatic rings. The number of fused-ring (bicyclic) bond motifs is 1. The van der Waals surface area contributed by atoms with Gasteiger partial charge >= 0.3 is 0 Å². The Morgan fingerprint density at radius 1 is 1.18 bits per heavy atom. The number of thiazole rings is 1. The number of nitrogens with one attached hydrogen (secondary N) is 1. The van der Waals surface area contributed by atoms with Gasteiger partial charge in [0.15, 0.2) is 5.13 Å². The smallest absolute Gasteiger partial charge is 0.183 e. The molecule has 4 rings (SSSR count). The van der Waals surface area contributed by atoms with Crippen LogP contribution in [0.1, 0.15) is 18.0 Å². The van der Waals surface area contributed by atoms with Crippen LogP contribution in [-0.2, 0) is 0 Å². The second kappa shape index (κ2) is 5.73. The Morgan fingerprint density at radius 3 is 3.05 bits per heavy atom. The van der Waals surface area contributed by atoms with Crippen molar-refractivity contribution in [3.05, 3.63) is 53.8 Å². The van der Waals surface area contributed by atoms with Crippen molar-refractivity contribution in [3.63, 3.8) is 0 Å². The lowest BCUT2D eigenvalue weighted by Crippen LogP contribution is -2.20. The van der Waals surface area contributed by atoms with Crippen molar-refractivity contribution in [1.82, 2.24) is 15.0 Å². The lowest BCUT2D eigenvalue weighted by molar-refractivity contribution is 0.274. The van der Waals surface area contributed by atoms with E-state index < -0.39 is 0 Å². The Kier molecular flexibility index (Phi) is 3.44. The number of hydrogen-bond donors (Lipinski definition) is 1. The highest BCUT2D eigenvalue weighted by Crippen LogP contribution is 2.35. The predicted molar refractivity (Wildman–Crippen MR) is 86.1 cm³/mol. The predicted octanol–water partition coefficient (Wildman–Crippen LogP) is 3.54. The number of anilines is 1. The number of rotatable bonds is 3. The van der Waals surface area contributed by atoms with Crippen LogP contribution >= 0.6 is 11.3 Å². The molecule has 0 bridgehead atoms. The van der Waals surface area contributed by atoms with E-state index in [0.717, 1.165) is 35.3 Å². The van der Waals surface area contributed by atoms with Gasteiger partial charge in [-0.3, -0.25) is 9.97 Å². The van der Waals surface area contributed by atoms with E-state index in [1.165, 1.54) is 5.56 Å². The standard InChI is InChI=1S/C16H14N4OS/c1-2-4-15-11(3-1)12(5-8-21-15)19-16-20-14(10-22-16)13-9-17-6-7-18-13/h1-4,6-7,9-10,12H,5,8H2,(H,19,20)/t12-/m1/s1. The summed E-state index contributed by atoms with van der Waals surface area (Å²) in [6.45, 7) is 0.719. The molecule has 1 N–H and O–H groups in total. The summed E-state index contributed by atoms with van der Waals surface area (Å²) in [6.07, 6.45) is 5.99. The van der Waals surface area contributed by atoms with Gasteiger partial charge in [-0.05, 0) is 6.07 Å². The molecule has 0 saturated heterocycles. The fourth-order valence-electron chi connectivity index (χ4n) is 2.53. The maximum atomic E-state index is 5.69. The summed E-state index contributed by atoms with van der Waals surface area (Å²) in [6, 6.07) is 8.37. The molecule has 110 valence electrons. The van der Waals surface area contributed by atoms with E-state index in [0.29, 0.717) is 0 Å². The summed E-state index contributed by atoms with van der Waals surface area (Å²) in [7, 11) is 0. The first-order valence-electron chi connectivity index (χ1n) is 7.10. The molecule has 1 aromatic carbocycles. The van der Waals surface area contributed by atoms with E-state index in [4.69, 9.17) is 4.74 Å². The Bertz CT molecular complexity index is 775. The molecule has 6 heteroatoms. The molecule has 0 spiro atoms. The van der Waals surface area contributed by atoms with Crippen molar-refractivity contribution in [3.8, 4) is 17.1 Å². The number of benzene rings is 1. The molecule has 0 aliphatic carbocycles. The van der Waals surface area contributed by atoms with Crippen LogP contribution in [0.3, 0.4) is 0 Å². The Morgan fingerprint density at radius 2 is 2.14 bits per heavy atom. The summed E-state index contributed by atoms with van der Waals surface area (Å²) in [5.74, 6) is 0.956. The fourth-order valence-corrected chi connectivity index (χ4v) is 3.29. The molecule has 1 atom stereocenters. The van der Waals surface area contributed by atoms with Crippen molar-refractivity contribution in [2.45, 2.75) is 12.5 Å². The average molecular weight is 310 g/mol. The summed E-state index contributed by atoms with van der Waals surface area (Å²) in [5.41, 5.74) is 2.82. The molecular formula is C16H14N4OS. The number of ether oxygens (including phenoxy) is 1. The molecule has 22 heavy (non-hydrogen) atoms. The summed E-state index contributed by atoms with van der Waals surface area (Å²) < 4.78 is 5.69. The molecule has 2 aromatic heterocycles. The van der Waals surface area contributed by atoms with Gasteiger partial charge in [0, 0.05) is 29.8 Å². The third-order valence-electron chi connectivity index (χ3n) is 3.59. The first-order valence-corrected chi connectivity index (χ1v) is 7.98. The molecule has 0 unspecified atom stereocenters. The van der Waals surface area contributed by atoms with Crippen LogP contribution in [0.5, 0.6) is 5.75 Å². The third-order valence-corrected chi connectivity index (χ3v) is 4.36. The molecule has 0 radical (unpaired) electrons. The first-order chi connectivity index (χ1) is 10.9. The highest BCUT2D eigenvalue weighted by molar-refractivity contribution is 7.14. The van der Waals surface area contributed by atoms with E-state index in [1.807, 2.05) is 23.6 Å². The van der Waals surface area contributed by atoms with Crippen LogP contribution in [0, 0.1) is 0 Å². The van der Waals surface area contributed by atoms with Gasteiger partial charge in [0.1, 0.15) is 17.1 Å².